The second-order valence-corrected chi connectivity index (χ2v) is 2.81. The summed E-state index contributed by atoms with van der Waals surface area (Å²) in [4.78, 5) is 8.28. The van der Waals surface area contributed by atoms with E-state index in [-0.39, 0.29) is 0 Å². The highest BCUT2D eigenvalue weighted by Gasteiger charge is 2.08. The average Bonchev–Trinajstić information content (AvgIpc) is 2.53. The van der Waals surface area contributed by atoms with Crippen molar-refractivity contribution in [2.24, 2.45) is 0 Å². The van der Waals surface area contributed by atoms with Gasteiger partial charge in [-0.05, 0) is 18.6 Å². The summed E-state index contributed by atoms with van der Waals surface area (Å²) in [6.45, 7) is 3.72. The Balaban J connectivity index is 2.52. The van der Waals surface area contributed by atoms with Gasteiger partial charge in [-0.1, -0.05) is 11.2 Å². The van der Waals surface area contributed by atoms with Gasteiger partial charge in [0.15, 0.2) is 0 Å². The zero-order valence-electron chi connectivity index (χ0n) is 7.48. The van der Waals surface area contributed by atoms with Gasteiger partial charge in [-0.2, -0.15) is 4.98 Å². The van der Waals surface area contributed by atoms with E-state index in [1.807, 2.05) is 19.1 Å². The Morgan fingerprint density at radius 1 is 1.31 bits per heavy atom. The van der Waals surface area contributed by atoms with Crippen LogP contribution in [0.5, 0.6) is 0 Å². The van der Waals surface area contributed by atoms with Crippen LogP contribution < -0.4 is 0 Å². The van der Waals surface area contributed by atoms with Crippen molar-refractivity contribution in [1.82, 2.24) is 15.1 Å². The molecule has 0 aliphatic heterocycles. The van der Waals surface area contributed by atoms with Crippen LogP contribution in [0.15, 0.2) is 22.9 Å². The second kappa shape index (κ2) is 2.97. The third-order valence-corrected chi connectivity index (χ3v) is 1.75. The summed E-state index contributed by atoms with van der Waals surface area (Å²) in [7, 11) is 0. The maximum absolute atomic E-state index is 4.87. The van der Waals surface area contributed by atoms with Crippen molar-refractivity contribution >= 4 is 0 Å². The Hall–Kier alpha value is -1.71. The predicted octanol–water partition coefficient (Wildman–Crippen LogP) is 1.75. The largest absolute Gasteiger partial charge is 0.339 e. The molecule has 2 aromatic heterocycles. The number of hydrogen-bond donors (Lipinski definition) is 0. The summed E-state index contributed by atoms with van der Waals surface area (Å²) in [5.74, 6) is 1.11. The van der Waals surface area contributed by atoms with Gasteiger partial charge in [-0.3, -0.25) is 4.98 Å². The molecule has 0 amide bonds. The summed E-state index contributed by atoms with van der Waals surface area (Å²) < 4.78 is 4.87. The fraction of sp³-hybridized carbons (Fsp3) is 0.222. The van der Waals surface area contributed by atoms with Gasteiger partial charge in [0.05, 0.1) is 0 Å². The van der Waals surface area contributed by atoms with Gasteiger partial charge < -0.3 is 4.52 Å². The second-order valence-electron chi connectivity index (χ2n) is 2.81. The Morgan fingerprint density at radius 2 is 2.15 bits per heavy atom. The molecule has 0 fully saturated rings. The lowest BCUT2D eigenvalue weighted by atomic mass is 10.2. The van der Waals surface area contributed by atoms with Crippen molar-refractivity contribution in [3.8, 4) is 11.5 Å². The Morgan fingerprint density at radius 3 is 2.77 bits per heavy atom. The number of aryl methyl sites for hydroxylation is 2. The van der Waals surface area contributed by atoms with Gasteiger partial charge in [-0.25, -0.2) is 0 Å². The first-order valence-electron chi connectivity index (χ1n) is 3.99. The van der Waals surface area contributed by atoms with E-state index in [9.17, 15) is 0 Å². The Kier molecular flexibility index (Phi) is 1.81. The number of hydrogen-bond acceptors (Lipinski definition) is 4. The van der Waals surface area contributed by atoms with E-state index in [0.29, 0.717) is 11.7 Å². The first-order valence-corrected chi connectivity index (χ1v) is 3.99. The monoisotopic (exact) mass is 175 g/mol. The lowest BCUT2D eigenvalue weighted by Crippen LogP contribution is -1.88. The van der Waals surface area contributed by atoms with Crippen LogP contribution in [-0.2, 0) is 0 Å². The molecule has 0 bridgehead atoms. The molecule has 0 atom stereocenters. The lowest BCUT2D eigenvalue weighted by Gasteiger charge is -1.96. The fourth-order valence-electron chi connectivity index (χ4n) is 1.12. The van der Waals surface area contributed by atoms with Crippen LogP contribution in [0.4, 0.5) is 0 Å². The fourth-order valence-corrected chi connectivity index (χ4v) is 1.12. The Bertz CT molecular complexity index is 422. The molecule has 0 N–H and O–H groups in total. The van der Waals surface area contributed by atoms with Gasteiger partial charge in [0, 0.05) is 13.1 Å². The molecule has 0 aromatic carbocycles. The highest BCUT2D eigenvalue weighted by Crippen LogP contribution is 2.16. The van der Waals surface area contributed by atoms with Gasteiger partial charge in [0.25, 0.3) is 0 Å². The molecule has 13 heavy (non-hydrogen) atoms. The number of aromatic nitrogens is 3. The average molecular weight is 175 g/mol. The van der Waals surface area contributed by atoms with E-state index in [1.165, 1.54) is 0 Å². The van der Waals surface area contributed by atoms with Crippen LogP contribution in [0, 0.1) is 13.8 Å². The molecule has 0 saturated carbocycles. The third-order valence-electron chi connectivity index (χ3n) is 1.75. The van der Waals surface area contributed by atoms with E-state index < -0.39 is 0 Å². The minimum Gasteiger partial charge on any atom is -0.339 e. The molecule has 4 nitrogen and oxygen atoms in total. The van der Waals surface area contributed by atoms with Gasteiger partial charge in [0.2, 0.25) is 11.7 Å². The highest BCUT2D eigenvalue weighted by atomic mass is 16.5. The van der Waals surface area contributed by atoms with Crippen molar-refractivity contribution in [2.75, 3.05) is 0 Å². The highest BCUT2D eigenvalue weighted by molar-refractivity contribution is 5.52. The smallest absolute Gasteiger partial charge is 0.223 e. The zero-order valence-corrected chi connectivity index (χ0v) is 7.48. The third kappa shape index (κ3) is 1.42. The minimum absolute atomic E-state index is 0.551. The first kappa shape index (κ1) is 7.91. The van der Waals surface area contributed by atoms with Crippen LogP contribution in [0.1, 0.15) is 11.5 Å². The molecule has 0 aliphatic rings. The SMILES string of the molecule is Cc1nc(-c2ncccc2C)no1. The van der Waals surface area contributed by atoms with E-state index >= 15 is 0 Å². The van der Waals surface area contributed by atoms with Crippen molar-refractivity contribution in [3.05, 3.63) is 29.8 Å². The molecule has 2 heterocycles. The van der Waals surface area contributed by atoms with Crippen molar-refractivity contribution < 1.29 is 4.52 Å². The molecule has 0 unspecified atom stereocenters. The molecular weight excluding hydrogens is 166 g/mol. The molecule has 0 radical (unpaired) electrons. The molecule has 0 aliphatic carbocycles. The number of nitrogens with zero attached hydrogens (tertiary/aromatic N) is 3. The van der Waals surface area contributed by atoms with Crippen LogP contribution in [0.3, 0.4) is 0 Å². The van der Waals surface area contributed by atoms with E-state index in [0.717, 1.165) is 11.3 Å². The topological polar surface area (TPSA) is 51.8 Å². The number of pyridine rings is 1. The molecule has 0 saturated heterocycles. The van der Waals surface area contributed by atoms with Gasteiger partial charge in [-0.15, -0.1) is 0 Å². The van der Waals surface area contributed by atoms with Crippen molar-refractivity contribution in [2.45, 2.75) is 13.8 Å². The quantitative estimate of drug-likeness (QED) is 0.662. The van der Waals surface area contributed by atoms with Crippen LogP contribution >= 0.6 is 0 Å². The molecule has 66 valence electrons. The summed E-state index contributed by atoms with van der Waals surface area (Å²) in [5, 5.41) is 3.80. The molecular formula is C9H9N3O. The summed E-state index contributed by atoms with van der Waals surface area (Å²) >= 11 is 0. The van der Waals surface area contributed by atoms with Gasteiger partial charge in [0.1, 0.15) is 5.69 Å². The van der Waals surface area contributed by atoms with Gasteiger partial charge >= 0.3 is 0 Å². The van der Waals surface area contributed by atoms with Crippen molar-refractivity contribution in [1.29, 1.82) is 0 Å². The summed E-state index contributed by atoms with van der Waals surface area (Å²) in [5.41, 5.74) is 1.82. The predicted molar refractivity (Wildman–Crippen MR) is 47.0 cm³/mol. The minimum atomic E-state index is 0.551. The normalized spacial score (nSPS) is 10.3. The number of rotatable bonds is 1. The molecule has 0 spiro atoms. The molecule has 2 rings (SSSR count). The zero-order chi connectivity index (χ0) is 9.26. The van der Waals surface area contributed by atoms with E-state index in [2.05, 4.69) is 15.1 Å². The van der Waals surface area contributed by atoms with Crippen LogP contribution in [0.2, 0.25) is 0 Å². The van der Waals surface area contributed by atoms with Crippen LogP contribution in [0.25, 0.3) is 11.5 Å². The van der Waals surface area contributed by atoms with E-state index in [4.69, 9.17) is 4.52 Å². The van der Waals surface area contributed by atoms with E-state index in [1.54, 1.807) is 13.1 Å². The summed E-state index contributed by atoms with van der Waals surface area (Å²) in [6.07, 6.45) is 1.72. The Labute approximate surface area is 75.6 Å². The lowest BCUT2D eigenvalue weighted by molar-refractivity contribution is 0.394. The van der Waals surface area contributed by atoms with Crippen molar-refractivity contribution in [3.63, 3.8) is 0 Å². The standard InChI is InChI=1S/C9H9N3O/c1-6-4-3-5-10-8(6)9-11-7(2)13-12-9/h3-5H,1-2H3. The maximum Gasteiger partial charge on any atom is 0.223 e. The maximum atomic E-state index is 4.87. The van der Waals surface area contributed by atoms with Crippen LogP contribution in [-0.4, -0.2) is 15.1 Å². The summed E-state index contributed by atoms with van der Waals surface area (Å²) in [6, 6.07) is 3.85. The molecule has 4 heteroatoms. The molecule has 2 aromatic rings. The first-order chi connectivity index (χ1) is 6.27.